The third-order valence-corrected chi connectivity index (χ3v) is 2.87. The Morgan fingerprint density at radius 1 is 1.62 bits per heavy atom. The van der Waals surface area contributed by atoms with Crippen LogP contribution in [0.5, 0.6) is 0 Å². The minimum absolute atomic E-state index is 0.175. The van der Waals surface area contributed by atoms with Crippen molar-refractivity contribution in [3.05, 3.63) is 11.9 Å². The molecule has 1 aliphatic rings. The molecule has 0 radical (unpaired) electrons. The van der Waals surface area contributed by atoms with Gasteiger partial charge >= 0.3 is 0 Å². The molecule has 2 rings (SSSR count). The van der Waals surface area contributed by atoms with E-state index in [0.29, 0.717) is 0 Å². The third-order valence-electron chi connectivity index (χ3n) is 2.87. The molecule has 90 valence electrons. The molecule has 1 atom stereocenters. The molecule has 0 saturated heterocycles. The number of ether oxygens (including phenoxy) is 1. The largest absolute Gasteiger partial charge is 0.380 e. The lowest BCUT2D eigenvalue weighted by molar-refractivity contribution is 0.0993. The predicted octanol–water partition coefficient (Wildman–Crippen LogP) is 0.813. The summed E-state index contributed by atoms with van der Waals surface area (Å²) >= 11 is 0. The van der Waals surface area contributed by atoms with E-state index < -0.39 is 0 Å². The second kappa shape index (κ2) is 5.41. The van der Waals surface area contributed by atoms with Gasteiger partial charge in [0.15, 0.2) is 0 Å². The van der Waals surface area contributed by atoms with Crippen molar-refractivity contribution in [3.8, 4) is 0 Å². The zero-order valence-corrected chi connectivity index (χ0v) is 10.0. The summed E-state index contributed by atoms with van der Waals surface area (Å²) in [7, 11) is 1.71. The van der Waals surface area contributed by atoms with Crippen molar-refractivity contribution in [1.29, 1.82) is 0 Å². The Kier molecular flexibility index (Phi) is 3.90. The average Bonchev–Trinajstić information content (AvgIpc) is 2.99. The van der Waals surface area contributed by atoms with Gasteiger partial charge in [-0.2, -0.15) is 0 Å². The number of rotatable bonds is 7. The van der Waals surface area contributed by atoms with Gasteiger partial charge in [-0.25, -0.2) is 4.68 Å². The van der Waals surface area contributed by atoms with Crippen LogP contribution in [0.25, 0.3) is 0 Å². The normalized spacial score (nSPS) is 17.6. The SMILES string of the molecule is COC(C)Cn1cc(CNCC2CC2)nn1. The van der Waals surface area contributed by atoms with Crippen LogP contribution in [0.3, 0.4) is 0 Å². The first-order valence-corrected chi connectivity index (χ1v) is 5.90. The lowest BCUT2D eigenvalue weighted by atomic mass is 10.4. The van der Waals surface area contributed by atoms with Crippen LogP contribution in [0.15, 0.2) is 6.20 Å². The van der Waals surface area contributed by atoms with E-state index in [2.05, 4.69) is 15.6 Å². The van der Waals surface area contributed by atoms with E-state index in [1.165, 1.54) is 12.8 Å². The van der Waals surface area contributed by atoms with Gasteiger partial charge in [0.05, 0.1) is 18.3 Å². The zero-order chi connectivity index (χ0) is 11.4. The van der Waals surface area contributed by atoms with Crippen LogP contribution in [0, 0.1) is 5.92 Å². The summed E-state index contributed by atoms with van der Waals surface area (Å²) in [5, 5.41) is 11.6. The van der Waals surface area contributed by atoms with Gasteiger partial charge in [0, 0.05) is 19.9 Å². The van der Waals surface area contributed by atoms with Crippen molar-refractivity contribution in [2.45, 2.75) is 39.0 Å². The Bertz CT molecular complexity index is 322. The Morgan fingerprint density at radius 3 is 3.12 bits per heavy atom. The Hall–Kier alpha value is -0.940. The maximum atomic E-state index is 5.18. The third kappa shape index (κ3) is 3.57. The van der Waals surface area contributed by atoms with Gasteiger partial charge in [-0.1, -0.05) is 5.21 Å². The summed E-state index contributed by atoms with van der Waals surface area (Å²) < 4.78 is 7.02. The van der Waals surface area contributed by atoms with E-state index in [1.807, 2.05) is 17.8 Å². The summed E-state index contributed by atoms with van der Waals surface area (Å²) in [6.45, 7) is 4.71. The highest BCUT2D eigenvalue weighted by atomic mass is 16.5. The van der Waals surface area contributed by atoms with Crippen LogP contribution >= 0.6 is 0 Å². The molecule has 1 saturated carbocycles. The monoisotopic (exact) mass is 224 g/mol. The molecule has 5 nitrogen and oxygen atoms in total. The molecule has 1 aromatic heterocycles. The number of nitrogens with zero attached hydrogens (tertiary/aromatic N) is 3. The fourth-order valence-electron chi connectivity index (χ4n) is 1.57. The van der Waals surface area contributed by atoms with Gasteiger partial charge < -0.3 is 10.1 Å². The van der Waals surface area contributed by atoms with Crippen LogP contribution in [0.4, 0.5) is 0 Å². The standard InChI is InChI=1S/C11H20N4O/c1-9(16-2)7-15-8-11(13-14-15)6-12-5-10-3-4-10/h8-10,12H,3-7H2,1-2H3. The van der Waals surface area contributed by atoms with Gasteiger partial charge in [0.1, 0.15) is 0 Å². The van der Waals surface area contributed by atoms with Crippen LogP contribution in [0.1, 0.15) is 25.5 Å². The van der Waals surface area contributed by atoms with E-state index in [-0.39, 0.29) is 6.10 Å². The molecule has 0 aromatic carbocycles. The molecule has 1 aromatic rings. The molecule has 1 N–H and O–H groups in total. The predicted molar refractivity (Wildman–Crippen MR) is 60.9 cm³/mol. The van der Waals surface area contributed by atoms with Crippen LogP contribution in [-0.4, -0.2) is 34.8 Å². The fourth-order valence-corrected chi connectivity index (χ4v) is 1.57. The summed E-state index contributed by atoms with van der Waals surface area (Å²) in [5.74, 6) is 0.906. The molecular weight excluding hydrogens is 204 g/mol. The molecule has 0 aliphatic heterocycles. The summed E-state index contributed by atoms with van der Waals surface area (Å²) in [6.07, 6.45) is 4.92. The highest BCUT2D eigenvalue weighted by Crippen LogP contribution is 2.27. The quantitative estimate of drug-likeness (QED) is 0.744. The first kappa shape index (κ1) is 11.5. The number of hydrogen-bond donors (Lipinski definition) is 1. The Morgan fingerprint density at radius 2 is 2.44 bits per heavy atom. The van der Waals surface area contributed by atoms with Gasteiger partial charge in [0.2, 0.25) is 0 Å². The van der Waals surface area contributed by atoms with Crippen molar-refractivity contribution < 1.29 is 4.74 Å². The molecule has 5 heteroatoms. The molecule has 1 unspecified atom stereocenters. The highest BCUT2D eigenvalue weighted by molar-refractivity contribution is 4.92. The van der Waals surface area contributed by atoms with Gasteiger partial charge in [-0.3, -0.25) is 0 Å². The van der Waals surface area contributed by atoms with E-state index >= 15 is 0 Å². The maximum absolute atomic E-state index is 5.18. The maximum Gasteiger partial charge on any atom is 0.0964 e. The first-order chi connectivity index (χ1) is 7.78. The van der Waals surface area contributed by atoms with Gasteiger partial charge in [-0.05, 0) is 32.2 Å². The van der Waals surface area contributed by atoms with Gasteiger partial charge in [-0.15, -0.1) is 5.10 Å². The summed E-state index contributed by atoms with van der Waals surface area (Å²) in [4.78, 5) is 0. The lowest BCUT2D eigenvalue weighted by Gasteiger charge is -2.07. The molecule has 0 spiro atoms. The molecule has 1 heterocycles. The van der Waals surface area contributed by atoms with Gasteiger partial charge in [0.25, 0.3) is 0 Å². The Labute approximate surface area is 96.2 Å². The summed E-state index contributed by atoms with van der Waals surface area (Å²) in [5.41, 5.74) is 1.00. The van der Waals surface area contributed by atoms with Crippen molar-refractivity contribution in [2.24, 2.45) is 5.92 Å². The average molecular weight is 224 g/mol. The number of nitrogens with one attached hydrogen (secondary N) is 1. The second-order valence-electron chi connectivity index (χ2n) is 4.55. The van der Waals surface area contributed by atoms with E-state index in [0.717, 1.165) is 31.2 Å². The van der Waals surface area contributed by atoms with Crippen molar-refractivity contribution in [3.63, 3.8) is 0 Å². The Balaban J connectivity index is 1.72. The number of aromatic nitrogens is 3. The van der Waals surface area contributed by atoms with Crippen molar-refractivity contribution >= 4 is 0 Å². The molecule has 0 amide bonds. The van der Waals surface area contributed by atoms with Crippen LogP contribution in [0.2, 0.25) is 0 Å². The van der Waals surface area contributed by atoms with E-state index in [1.54, 1.807) is 7.11 Å². The molecule has 1 fully saturated rings. The van der Waals surface area contributed by atoms with Crippen molar-refractivity contribution in [2.75, 3.05) is 13.7 Å². The molecule has 0 bridgehead atoms. The zero-order valence-electron chi connectivity index (χ0n) is 10.0. The number of methoxy groups -OCH3 is 1. The summed E-state index contributed by atoms with van der Waals surface area (Å²) in [6, 6.07) is 0. The molecule has 16 heavy (non-hydrogen) atoms. The van der Waals surface area contributed by atoms with Crippen LogP contribution < -0.4 is 5.32 Å². The highest BCUT2D eigenvalue weighted by Gasteiger charge is 2.20. The van der Waals surface area contributed by atoms with E-state index in [9.17, 15) is 0 Å². The fraction of sp³-hybridized carbons (Fsp3) is 0.818. The minimum atomic E-state index is 0.175. The smallest absolute Gasteiger partial charge is 0.0964 e. The topological polar surface area (TPSA) is 52.0 Å². The molecule has 1 aliphatic carbocycles. The first-order valence-electron chi connectivity index (χ1n) is 5.90. The van der Waals surface area contributed by atoms with E-state index in [4.69, 9.17) is 4.74 Å². The molecular formula is C11H20N4O. The number of hydrogen-bond acceptors (Lipinski definition) is 4. The second-order valence-corrected chi connectivity index (χ2v) is 4.55. The minimum Gasteiger partial charge on any atom is -0.380 e. The van der Waals surface area contributed by atoms with Crippen molar-refractivity contribution in [1.82, 2.24) is 20.3 Å². The van der Waals surface area contributed by atoms with Crippen LogP contribution in [-0.2, 0) is 17.8 Å². The lowest BCUT2D eigenvalue weighted by Crippen LogP contribution is -2.16.